The normalized spacial score (nSPS) is 13.5. The van der Waals surface area contributed by atoms with Crippen molar-refractivity contribution in [2.45, 2.75) is 10.8 Å². The molecule has 0 unspecified atom stereocenters. The van der Waals surface area contributed by atoms with E-state index in [1.54, 1.807) is 0 Å². The number of anilines is 6. The summed E-state index contributed by atoms with van der Waals surface area (Å²) < 4.78 is 4.80. The number of rotatable bonds is 10. The van der Waals surface area contributed by atoms with Gasteiger partial charge >= 0.3 is 0 Å². The van der Waals surface area contributed by atoms with Gasteiger partial charge in [0.15, 0.2) is 0 Å². The van der Waals surface area contributed by atoms with Gasteiger partial charge in [-0.2, -0.15) is 0 Å². The van der Waals surface area contributed by atoms with Crippen LogP contribution in [0.2, 0.25) is 0 Å². The Bertz CT molecular complexity index is 6080. The molecule has 104 heavy (non-hydrogen) atoms. The summed E-state index contributed by atoms with van der Waals surface area (Å²) in [4.78, 5) is 4.94. The minimum Gasteiger partial charge on any atom is -0.310 e. The van der Waals surface area contributed by atoms with Gasteiger partial charge in [-0.15, -0.1) is 0 Å². The van der Waals surface area contributed by atoms with E-state index in [-0.39, 0.29) is 0 Å². The van der Waals surface area contributed by atoms with Crippen LogP contribution in [0.4, 0.5) is 34.1 Å². The maximum absolute atomic E-state index is 2.50. The maximum atomic E-state index is 2.50. The van der Waals surface area contributed by atoms with E-state index in [1.165, 1.54) is 133 Å². The Kier molecular flexibility index (Phi) is 12.6. The Morgan fingerprint density at radius 1 is 0.192 bits per heavy atom. The van der Waals surface area contributed by atoms with Crippen LogP contribution >= 0.6 is 0 Å². The molecule has 0 N–H and O–H groups in total. The molecule has 0 bridgehead atoms. The molecule has 4 nitrogen and oxygen atoms in total. The van der Waals surface area contributed by atoms with Crippen LogP contribution in [-0.4, -0.2) is 9.13 Å². The number of hydrogen-bond donors (Lipinski definition) is 0. The molecule has 0 saturated carbocycles. The first-order chi connectivity index (χ1) is 51.6. The summed E-state index contributed by atoms with van der Waals surface area (Å²) in [6.07, 6.45) is 4.50. The van der Waals surface area contributed by atoms with E-state index in [0.717, 1.165) is 56.6 Å². The van der Waals surface area contributed by atoms with E-state index < -0.39 is 10.8 Å². The fraction of sp³-hybridized carbons (Fsp3) is 0.0200. The van der Waals surface area contributed by atoms with E-state index in [4.69, 9.17) is 0 Å². The molecule has 0 saturated heterocycles. The number of hydrogen-bond acceptors (Lipinski definition) is 2. The molecule has 0 radical (unpaired) electrons. The van der Waals surface area contributed by atoms with Crippen LogP contribution in [0.1, 0.15) is 55.6 Å². The maximum Gasteiger partial charge on any atom is 0.0726 e. The largest absolute Gasteiger partial charge is 0.310 e. The predicted molar refractivity (Wildman–Crippen MR) is 432 cm³/mol. The van der Waals surface area contributed by atoms with Gasteiger partial charge in [-0.25, -0.2) is 0 Å². The second kappa shape index (κ2) is 22.5. The van der Waals surface area contributed by atoms with Gasteiger partial charge in [0.2, 0.25) is 0 Å². The zero-order chi connectivity index (χ0) is 68.2. The number of benzene rings is 16. The molecule has 0 aliphatic heterocycles. The van der Waals surface area contributed by atoms with Crippen molar-refractivity contribution in [3.8, 4) is 55.9 Å². The summed E-state index contributed by atoms with van der Waals surface area (Å²) in [5.41, 5.74) is 35.6. The highest BCUT2D eigenvalue weighted by Gasteiger charge is 2.53. The highest BCUT2D eigenvalue weighted by atomic mass is 15.2. The van der Waals surface area contributed by atoms with Crippen LogP contribution in [0.3, 0.4) is 0 Å². The first-order valence-corrected chi connectivity index (χ1v) is 36.1. The summed E-state index contributed by atoms with van der Waals surface area (Å²) in [5.74, 6) is 0. The van der Waals surface area contributed by atoms with Crippen LogP contribution in [-0.2, 0) is 10.8 Å². The highest BCUT2D eigenvalue weighted by Crippen LogP contribution is 2.65. The first-order valence-electron chi connectivity index (χ1n) is 36.1. The second-order valence-electron chi connectivity index (χ2n) is 28.2. The van der Waals surface area contributed by atoms with Gasteiger partial charge < -0.3 is 18.9 Å². The lowest BCUT2D eigenvalue weighted by Gasteiger charge is -2.32. The van der Waals surface area contributed by atoms with Crippen LogP contribution in [0.5, 0.6) is 0 Å². The minimum absolute atomic E-state index is 0.493. The van der Waals surface area contributed by atoms with Crippen molar-refractivity contribution in [1.82, 2.24) is 9.13 Å². The third-order valence-electron chi connectivity index (χ3n) is 23.1. The molecular formula is C100H64N4. The van der Waals surface area contributed by atoms with Gasteiger partial charge in [-0.3, -0.25) is 0 Å². The Hall–Kier alpha value is -13.5. The van der Waals surface area contributed by atoms with Crippen molar-refractivity contribution in [2.24, 2.45) is 0 Å². The van der Waals surface area contributed by atoms with Crippen LogP contribution < -0.4 is 9.80 Å². The molecular weight excluding hydrogens is 1260 g/mol. The third-order valence-corrected chi connectivity index (χ3v) is 23.1. The molecule has 0 atom stereocenters. The Labute approximate surface area is 603 Å². The van der Waals surface area contributed by atoms with E-state index in [2.05, 4.69) is 407 Å². The molecule has 16 aromatic carbocycles. The molecule has 0 fully saturated rings. The molecule has 2 aromatic heterocycles. The van der Waals surface area contributed by atoms with Crippen LogP contribution in [0, 0.1) is 0 Å². The van der Waals surface area contributed by atoms with Gasteiger partial charge in [-0.05, 0) is 221 Å². The van der Waals surface area contributed by atoms with Gasteiger partial charge in [0.25, 0.3) is 0 Å². The molecule has 18 aromatic rings. The fourth-order valence-electron chi connectivity index (χ4n) is 18.9. The molecule has 2 spiro atoms. The number of nitrogens with zero attached hydrogens (tertiary/aromatic N) is 4. The van der Waals surface area contributed by atoms with Crippen molar-refractivity contribution < 1.29 is 0 Å². The third kappa shape index (κ3) is 8.19. The standard InChI is InChI=1S/C100H64N4/c1-3-23-67(24-4-1)103-95-41-21-13-33-83(95)85-61-71(55-59-97(85)103)101(73-53-57-81-79-31-11-19-39-91(79)99(93(81)63-73)87-35-15-7-27-75(87)76-28-8-16-36-88(76)99)69-49-45-65(46-50-69)43-44-66-47-51-70(52-48-66)102(72-56-60-98-86(62-72)84-34-14-22-42-96(84)104(98)68-25-5-2-6-26-68)74-54-58-82-80-32-12-20-40-92(80)100(94(82)64-74)89-37-17-9-29-77(89)78-30-10-18-38-90(78)100/h1-64H/b44-43+. The van der Waals surface area contributed by atoms with Gasteiger partial charge in [0, 0.05) is 67.0 Å². The average Bonchev–Trinajstić information content (AvgIpc) is 1.51. The van der Waals surface area contributed by atoms with Crippen molar-refractivity contribution >= 4 is 89.9 Å². The van der Waals surface area contributed by atoms with Crippen molar-refractivity contribution in [3.63, 3.8) is 0 Å². The monoisotopic (exact) mass is 1320 g/mol. The average molecular weight is 1320 g/mol. The lowest BCUT2D eigenvalue weighted by Crippen LogP contribution is -2.26. The molecule has 484 valence electrons. The lowest BCUT2D eigenvalue weighted by molar-refractivity contribution is 0.793. The van der Waals surface area contributed by atoms with Crippen LogP contribution in [0.15, 0.2) is 376 Å². The number of fused-ring (bicyclic) bond motifs is 26. The van der Waals surface area contributed by atoms with E-state index in [0.29, 0.717) is 0 Å². The molecule has 22 rings (SSSR count). The van der Waals surface area contributed by atoms with E-state index >= 15 is 0 Å². The molecule has 4 aliphatic carbocycles. The fourth-order valence-corrected chi connectivity index (χ4v) is 18.9. The lowest BCUT2D eigenvalue weighted by atomic mass is 9.70. The number of para-hydroxylation sites is 4. The van der Waals surface area contributed by atoms with Gasteiger partial charge in [0.1, 0.15) is 0 Å². The Morgan fingerprint density at radius 3 is 0.798 bits per heavy atom. The van der Waals surface area contributed by atoms with Gasteiger partial charge in [0.05, 0.1) is 32.9 Å². The molecule has 4 aliphatic rings. The van der Waals surface area contributed by atoms with Crippen molar-refractivity contribution in [3.05, 3.63) is 432 Å². The van der Waals surface area contributed by atoms with Crippen molar-refractivity contribution in [1.29, 1.82) is 0 Å². The summed E-state index contributed by atoms with van der Waals surface area (Å²) in [5, 5.41) is 4.83. The summed E-state index contributed by atoms with van der Waals surface area (Å²) in [6.45, 7) is 0. The Morgan fingerprint density at radius 2 is 0.452 bits per heavy atom. The first kappa shape index (κ1) is 58.3. The van der Waals surface area contributed by atoms with E-state index in [9.17, 15) is 0 Å². The zero-order valence-corrected chi connectivity index (χ0v) is 56.7. The Balaban J connectivity index is 0.663. The number of aromatic nitrogens is 2. The summed E-state index contributed by atoms with van der Waals surface area (Å²) in [7, 11) is 0. The minimum atomic E-state index is -0.493. The van der Waals surface area contributed by atoms with Crippen LogP contribution in [0.25, 0.3) is 112 Å². The molecule has 2 heterocycles. The second-order valence-corrected chi connectivity index (χ2v) is 28.2. The van der Waals surface area contributed by atoms with Crippen molar-refractivity contribution in [2.75, 3.05) is 9.80 Å². The molecule has 4 heteroatoms. The quantitative estimate of drug-likeness (QED) is 0.127. The summed E-state index contributed by atoms with van der Waals surface area (Å²) in [6, 6.07) is 141. The highest BCUT2D eigenvalue weighted by molar-refractivity contribution is 6.12. The topological polar surface area (TPSA) is 16.3 Å². The zero-order valence-electron chi connectivity index (χ0n) is 56.7. The van der Waals surface area contributed by atoms with Gasteiger partial charge in [-0.1, -0.05) is 267 Å². The SMILES string of the molecule is C(=C\c1ccc(N(c2ccc3c(c2)C2(c4ccccc4-c4ccccc42)c2ccccc2-3)c2ccc3c(c2)c2ccccc2n3-c2ccccc2)cc1)/c1ccc(N(c2ccc3c(c2)C2(c4ccccc4-c4ccccc42)c2ccccc2-3)c2ccc3c(c2)c2ccccc2n3-c2ccccc2)cc1. The predicted octanol–water partition coefficient (Wildman–Crippen LogP) is 25.7. The smallest absolute Gasteiger partial charge is 0.0726 e. The molecule has 0 amide bonds. The van der Waals surface area contributed by atoms with E-state index in [1.807, 2.05) is 0 Å². The summed E-state index contributed by atoms with van der Waals surface area (Å²) >= 11 is 0.